The minimum absolute atomic E-state index is 0.0258. The number of amides is 1. The smallest absolute Gasteiger partial charge is 0.399 e. The number of benzene rings is 1. The number of hydrogen-bond acceptors (Lipinski definition) is 3. The summed E-state index contributed by atoms with van der Waals surface area (Å²) in [6, 6.07) is 2.75. The SMILES string of the molecule is CC1CCCN1C(=O)c1ccc(B2OC(C)(C)C(C)(C)O2)c(F)c1F. The monoisotopic (exact) mass is 351 g/mol. The van der Waals surface area contributed by atoms with Gasteiger partial charge < -0.3 is 14.2 Å². The summed E-state index contributed by atoms with van der Waals surface area (Å²) in [5.41, 5.74) is -1.58. The minimum atomic E-state index is -1.14. The zero-order valence-corrected chi connectivity index (χ0v) is 15.4. The van der Waals surface area contributed by atoms with E-state index in [2.05, 4.69) is 0 Å². The number of hydrogen-bond donors (Lipinski definition) is 0. The van der Waals surface area contributed by atoms with Gasteiger partial charge in [-0.2, -0.15) is 0 Å². The summed E-state index contributed by atoms with van der Waals surface area (Å²) < 4.78 is 40.8. The second-order valence-corrected chi connectivity index (χ2v) is 7.91. The molecule has 0 radical (unpaired) electrons. The van der Waals surface area contributed by atoms with Crippen LogP contribution in [0.1, 0.15) is 57.8 Å². The van der Waals surface area contributed by atoms with Crippen LogP contribution >= 0.6 is 0 Å². The number of likely N-dealkylation sites (tertiary alicyclic amines) is 1. The standard InChI is InChI=1S/C18H24BF2NO3/c1-11-7-6-10-22(11)16(23)12-8-9-13(15(21)14(12)20)19-24-17(2,3)18(4,5)25-19/h8-9,11H,6-7,10H2,1-5H3. The number of rotatable bonds is 2. The highest BCUT2D eigenvalue weighted by Gasteiger charge is 2.52. The summed E-state index contributed by atoms with van der Waals surface area (Å²) in [4.78, 5) is 14.1. The van der Waals surface area contributed by atoms with Gasteiger partial charge in [-0.1, -0.05) is 6.07 Å². The highest BCUT2D eigenvalue weighted by molar-refractivity contribution is 6.62. The fourth-order valence-corrected chi connectivity index (χ4v) is 3.27. The van der Waals surface area contributed by atoms with Crippen LogP contribution in [0, 0.1) is 11.6 Å². The molecule has 0 bridgehead atoms. The Bertz CT molecular complexity index is 692. The molecule has 2 fully saturated rings. The highest BCUT2D eigenvalue weighted by atomic mass is 19.2. The molecule has 0 spiro atoms. The third kappa shape index (κ3) is 2.97. The Morgan fingerprint density at radius 3 is 2.28 bits per heavy atom. The van der Waals surface area contributed by atoms with Crippen molar-refractivity contribution in [2.45, 2.75) is 64.7 Å². The molecule has 2 heterocycles. The van der Waals surface area contributed by atoms with Crippen LogP contribution in [0.5, 0.6) is 0 Å². The van der Waals surface area contributed by atoms with Crippen molar-refractivity contribution in [2.24, 2.45) is 0 Å². The van der Waals surface area contributed by atoms with Crippen molar-refractivity contribution in [2.75, 3.05) is 6.54 Å². The van der Waals surface area contributed by atoms with E-state index in [0.717, 1.165) is 12.8 Å². The van der Waals surface area contributed by atoms with Crippen LogP contribution in [-0.2, 0) is 9.31 Å². The van der Waals surface area contributed by atoms with Gasteiger partial charge in [0.05, 0.1) is 16.8 Å². The first-order chi connectivity index (χ1) is 11.5. The van der Waals surface area contributed by atoms with Crippen molar-refractivity contribution >= 4 is 18.5 Å². The molecule has 0 saturated carbocycles. The lowest BCUT2D eigenvalue weighted by molar-refractivity contribution is 0.00578. The van der Waals surface area contributed by atoms with E-state index in [-0.39, 0.29) is 17.1 Å². The molecule has 0 aliphatic carbocycles. The van der Waals surface area contributed by atoms with Crippen LogP contribution in [0.2, 0.25) is 0 Å². The number of carbonyl (C=O) groups excluding carboxylic acids is 1. The maximum absolute atomic E-state index is 14.7. The molecule has 4 nitrogen and oxygen atoms in total. The second-order valence-electron chi connectivity index (χ2n) is 7.91. The van der Waals surface area contributed by atoms with E-state index in [1.807, 2.05) is 34.6 Å². The molecule has 2 saturated heterocycles. The van der Waals surface area contributed by atoms with Crippen LogP contribution in [0.4, 0.5) is 8.78 Å². The Hall–Kier alpha value is -1.47. The Kier molecular flexibility index (Phi) is 4.44. The average Bonchev–Trinajstić information content (AvgIpc) is 3.02. The molecular weight excluding hydrogens is 327 g/mol. The average molecular weight is 351 g/mol. The van der Waals surface area contributed by atoms with E-state index in [4.69, 9.17) is 9.31 Å². The van der Waals surface area contributed by atoms with Crippen molar-refractivity contribution in [1.82, 2.24) is 4.90 Å². The summed E-state index contributed by atoms with van der Waals surface area (Å²) >= 11 is 0. The molecule has 136 valence electrons. The molecular formula is C18H24BF2NO3. The first kappa shape index (κ1) is 18.3. The zero-order chi connectivity index (χ0) is 18.6. The van der Waals surface area contributed by atoms with E-state index < -0.39 is 35.9 Å². The molecule has 1 amide bonds. The molecule has 1 aromatic carbocycles. The number of halogens is 2. The molecule has 3 rings (SSSR count). The Morgan fingerprint density at radius 2 is 1.76 bits per heavy atom. The Labute approximate surface area is 147 Å². The van der Waals surface area contributed by atoms with E-state index in [1.54, 1.807) is 4.90 Å². The summed E-state index contributed by atoms with van der Waals surface area (Å²) in [6.45, 7) is 9.85. The van der Waals surface area contributed by atoms with Gasteiger partial charge in [0, 0.05) is 18.0 Å². The van der Waals surface area contributed by atoms with Crippen molar-refractivity contribution in [3.63, 3.8) is 0 Å². The van der Waals surface area contributed by atoms with Gasteiger partial charge >= 0.3 is 7.12 Å². The maximum Gasteiger partial charge on any atom is 0.497 e. The molecule has 0 N–H and O–H groups in total. The molecule has 2 aliphatic rings. The largest absolute Gasteiger partial charge is 0.497 e. The third-order valence-electron chi connectivity index (χ3n) is 5.66. The number of nitrogens with zero attached hydrogens (tertiary/aromatic N) is 1. The van der Waals surface area contributed by atoms with Crippen molar-refractivity contribution in [1.29, 1.82) is 0 Å². The van der Waals surface area contributed by atoms with Gasteiger partial charge in [-0.15, -0.1) is 0 Å². The lowest BCUT2D eigenvalue weighted by Crippen LogP contribution is -2.41. The van der Waals surface area contributed by atoms with Crippen molar-refractivity contribution in [3.8, 4) is 0 Å². The van der Waals surface area contributed by atoms with E-state index >= 15 is 0 Å². The normalized spacial score (nSPS) is 24.8. The van der Waals surface area contributed by atoms with Crippen LogP contribution < -0.4 is 5.46 Å². The Morgan fingerprint density at radius 1 is 1.16 bits per heavy atom. The fraction of sp³-hybridized carbons (Fsp3) is 0.611. The Balaban J connectivity index is 1.90. The molecule has 7 heteroatoms. The van der Waals surface area contributed by atoms with Gasteiger partial charge in [-0.05, 0) is 53.5 Å². The minimum Gasteiger partial charge on any atom is -0.399 e. The van der Waals surface area contributed by atoms with Gasteiger partial charge in [0.1, 0.15) is 0 Å². The summed E-state index contributed by atoms with van der Waals surface area (Å²) in [5, 5.41) is 0. The van der Waals surface area contributed by atoms with Gasteiger partial charge in [-0.3, -0.25) is 4.79 Å². The third-order valence-corrected chi connectivity index (χ3v) is 5.66. The molecule has 1 unspecified atom stereocenters. The molecule has 1 aromatic rings. The van der Waals surface area contributed by atoms with Gasteiger partial charge in [0.25, 0.3) is 5.91 Å². The first-order valence-electron chi connectivity index (χ1n) is 8.69. The van der Waals surface area contributed by atoms with Crippen LogP contribution in [-0.4, -0.2) is 41.7 Å². The quantitative estimate of drug-likeness (QED) is 0.770. The number of carbonyl (C=O) groups is 1. The van der Waals surface area contributed by atoms with Gasteiger partial charge in [0.2, 0.25) is 0 Å². The molecule has 25 heavy (non-hydrogen) atoms. The fourth-order valence-electron chi connectivity index (χ4n) is 3.27. The topological polar surface area (TPSA) is 38.8 Å². The van der Waals surface area contributed by atoms with Gasteiger partial charge in [-0.25, -0.2) is 8.78 Å². The van der Waals surface area contributed by atoms with E-state index in [9.17, 15) is 13.6 Å². The highest BCUT2D eigenvalue weighted by Crippen LogP contribution is 2.36. The van der Waals surface area contributed by atoms with Crippen molar-refractivity contribution in [3.05, 3.63) is 29.3 Å². The van der Waals surface area contributed by atoms with E-state index in [1.165, 1.54) is 12.1 Å². The molecule has 0 aromatic heterocycles. The van der Waals surface area contributed by atoms with Crippen LogP contribution in [0.25, 0.3) is 0 Å². The second kappa shape index (κ2) is 6.06. The predicted molar refractivity (Wildman–Crippen MR) is 91.8 cm³/mol. The van der Waals surface area contributed by atoms with Crippen LogP contribution in [0.15, 0.2) is 12.1 Å². The summed E-state index contributed by atoms with van der Waals surface area (Å²) in [6.07, 6.45) is 1.75. The summed E-state index contributed by atoms with van der Waals surface area (Å²) in [7, 11) is -1.01. The molecule has 1 atom stereocenters. The first-order valence-corrected chi connectivity index (χ1v) is 8.69. The van der Waals surface area contributed by atoms with E-state index in [0.29, 0.717) is 6.54 Å². The van der Waals surface area contributed by atoms with Gasteiger partial charge in [0.15, 0.2) is 11.6 Å². The molecule has 2 aliphatic heterocycles. The predicted octanol–water partition coefficient (Wildman–Crippen LogP) is 2.89. The lowest BCUT2D eigenvalue weighted by atomic mass is 9.78. The van der Waals surface area contributed by atoms with Crippen LogP contribution in [0.3, 0.4) is 0 Å². The van der Waals surface area contributed by atoms with Crippen molar-refractivity contribution < 1.29 is 22.9 Å². The maximum atomic E-state index is 14.7. The zero-order valence-electron chi connectivity index (χ0n) is 15.4. The summed E-state index contributed by atoms with van der Waals surface area (Å²) in [5.74, 6) is -2.70. The lowest BCUT2D eigenvalue weighted by Gasteiger charge is -2.32.